The van der Waals surface area contributed by atoms with Crippen LogP contribution in [0.15, 0.2) is 0 Å². The molecule has 0 spiro atoms. The lowest BCUT2D eigenvalue weighted by Gasteiger charge is -2.43. The fraction of sp³-hybridized carbons (Fsp3) is 0.917. The summed E-state index contributed by atoms with van der Waals surface area (Å²) in [5.74, 6) is -0.477. The highest BCUT2D eigenvalue weighted by Crippen LogP contribution is 2.29. The Morgan fingerprint density at radius 3 is 1.81 bits per heavy atom. The van der Waals surface area contributed by atoms with E-state index in [0.29, 0.717) is 0 Å². The minimum absolute atomic E-state index is 0.0497. The lowest BCUT2D eigenvalue weighted by atomic mass is 9.97. The van der Waals surface area contributed by atoms with E-state index < -0.39 is 12.4 Å². The summed E-state index contributed by atoms with van der Waals surface area (Å²) < 4.78 is 23.8. The molecule has 0 radical (unpaired) electrons. The van der Waals surface area contributed by atoms with Gasteiger partial charge in [0, 0.05) is 13.8 Å². The second kappa shape index (κ2) is 13.4. The van der Waals surface area contributed by atoms with Crippen molar-refractivity contribution in [3.8, 4) is 0 Å². The third kappa shape index (κ3) is 9.46. The summed E-state index contributed by atoms with van der Waals surface area (Å²) in [6, 6.07) is 0.0714. The zero-order valence-electron chi connectivity index (χ0n) is 20.1. The summed E-state index contributed by atoms with van der Waals surface area (Å²) in [6.07, 6.45) is 10.3. The number of carbonyl (C=O) groups is 2. The Labute approximate surface area is 188 Å². The highest BCUT2D eigenvalue weighted by Gasteiger charge is 2.42. The number of likely N-dealkylation sites (N-methyl/N-ethyl adjacent to an activating group) is 1. The van der Waals surface area contributed by atoms with Crippen LogP contribution in [0.25, 0.3) is 0 Å². The van der Waals surface area contributed by atoms with Crippen LogP contribution in [-0.4, -0.2) is 67.7 Å². The van der Waals surface area contributed by atoms with Gasteiger partial charge in [0.15, 0.2) is 12.4 Å². The first-order valence-corrected chi connectivity index (χ1v) is 12.1. The highest BCUT2D eigenvalue weighted by atomic mass is 16.7. The van der Waals surface area contributed by atoms with Gasteiger partial charge >= 0.3 is 11.9 Å². The van der Waals surface area contributed by atoms with Crippen LogP contribution >= 0.6 is 0 Å². The maximum atomic E-state index is 11.8. The van der Waals surface area contributed by atoms with Crippen molar-refractivity contribution in [1.29, 1.82) is 0 Å². The molecule has 2 fully saturated rings. The lowest BCUT2D eigenvalue weighted by Crippen LogP contribution is -2.56. The van der Waals surface area contributed by atoms with Crippen molar-refractivity contribution in [2.45, 2.75) is 128 Å². The number of ether oxygens (including phenoxy) is 4. The van der Waals surface area contributed by atoms with Gasteiger partial charge in [-0.1, -0.05) is 25.7 Å². The first-order chi connectivity index (χ1) is 14.8. The van der Waals surface area contributed by atoms with Crippen LogP contribution in [0.3, 0.4) is 0 Å². The van der Waals surface area contributed by atoms with Gasteiger partial charge in [-0.15, -0.1) is 0 Å². The van der Waals surface area contributed by atoms with Gasteiger partial charge in [0.2, 0.25) is 0 Å². The van der Waals surface area contributed by atoms with E-state index in [1.807, 2.05) is 14.1 Å². The van der Waals surface area contributed by atoms with Gasteiger partial charge in [-0.3, -0.25) is 9.59 Å². The molecular weight excluding hydrogens is 398 g/mol. The molecule has 1 aliphatic carbocycles. The first kappa shape index (κ1) is 26.1. The Morgan fingerprint density at radius 2 is 1.32 bits per heavy atom. The van der Waals surface area contributed by atoms with Gasteiger partial charge in [-0.25, -0.2) is 0 Å². The van der Waals surface area contributed by atoms with Crippen LogP contribution < -0.4 is 0 Å². The second-order valence-electron chi connectivity index (χ2n) is 9.42. The molecule has 0 aromatic rings. The predicted octanol–water partition coefficient (Wildman–Crippen LogP) is 4.21. The number of carbonyl (C=O) groups excluding carboxylic acids is 2. The highest BCUT2D eigenvalue weighted by molar-refractivity contribution is 5.66. The van der Waals surface area contributed by atoms with Gasteiger partial charge in [0.1, 0.15) is 6.10 Å². The van der Waals surface area contributed by atoms with E-state index in [9.17, 15) is 9.59 Å². The van der Waals surface area contributed by atoms with Crippen LogP contribution in [0.4, 0.5) is 0 Å². The van der Waals surface area contributed by atoms with Gasteiger partial charge in [0.05, 0.1) is 18.2 Å². The van der Waals surface area contributed by atoms with Crippen molar-refractivity contribution in [1.82, 2.24) is 4.90 Å². The molecule has 0 aromatic carbocycles. The molecule has 7 nitrogen and oxygen atoms in total. The molecule has 2 aliphatic rings. The molecule has 1 heterocycles. The molecule has 180 valence electrons. The smallest absolute Gasteiger partial charge is 0.303 e. The Bertz CT molecular complexity index is 540. The van der Waals surface area contributed by atoms with Crippen LogP contribution in [0.1, 0.15) is 91.4 Å². The van der Waals surface area contributed by atoms with E-state index in [2.05, 4.69) is 11.8 Å². The Hall–Kier alpha value is -1.18. The molecule has 0 aromatic heterocycles. The zero-order valence-corrected chi connectivity index (χ0v) is 20.1. The van der Waals surface area contributed by atoms with Gasteiger partial charge < -0.3 is 23.8 Å². The van der Waals surface area contributed by atoms with Crippen LogP contribution in [-0.2, 0) is 28.5 Å². The molecule has 0 bridgehead atoms. The first-order valence-electron chi connectivity index (χ1n) is 12.1. The van der Waals surface area contributed by atoms with Crippen molar-refractivity contribution in [2.24, 2.45) is 0 Å². The van der Waals surface area contributed by atoms with Crippen LogP contribution in [0, 0.1) is 0 Å². The Kier molecular flexibility index (Phi) is 11.3. The average molecular weight is 442 g/mol. The fourth-order valence-electron chi connectivity index (χ4n) is 4.77. The Morgan fingerprint density at radius 1 is 0.806 bits per heavy atom. The summed E-state index contributed by atoms with van der Waals surface area (Å²) in [6.45, 7) is 4.99. The molecule has 4 atom stereocenters. The molecule has 7 heteroatoms. The molecule has 0 N–H and O–H groups in total. The molecule has 2 rings (SSSR count). The van der Waals surface area contributed by atoms with E-state index in [1.54, 1.807) is 0 Å². The van der Waals surface area contributed by atoms with Gasteiger partial charge in [-0.2, -0.15) is 0 Å². The van der Waals surface area contributed by atoms with Gasteiger partial charge in [-0.05, 0) is 66.0 Å². The van der Waals surface area contributed by atoms with Crippen molar-refractivity contribution in [3.63, 3.8) is 0 Å². The maximum absolute atomic E-state index is 11.8. The second-order valence-corrected chi connectivity index (χ2v) is 9.42. The third-order valence-electron chi connectivity index (χ3n) is 6.32. The fourth-order valence-corrected chi connectivity index (χ4v) is 4.77. The molecule has 0 amide bonds. The van der Waals surface area contributed by atoms with Crippen LogP contribution in [0.5, 0.6) is 0 Å². The summed E-state index contributed by atoms with van der Waals surface area (Å²) in [5, 5.41) is 0. The zero-order chi connectivity index (χ0) is 22.8. The van der Waals surface area contributed by atoms with E-state index in [1.165, 1.54) is 13.8 Å². The maximum Gasteiger partial charge on any atom is 0.303 e. The standard InChI is InChI=1S/C24H43NO6/c1-17-16-22(25(4)5)23(30-19(3)27)24(28-17)31-21-14-10-6-8-12-20(29-18(2)26)13-9-7-11-15-21/h17,20-24H,6-16H2,1-5H3. The average Bonchev–Trinajstić information content (AvgIpc) is 2.66. The molecule has 1 aliphatic heterocycles. The van der Waals surface area contributed by atoms with Crippen molar-refractivity contribution >= 4 is 11.9 Å². The number of nitrogens with zero attached hydrogens (tertiary/aromatic N) is 1. The minimum Gasteiger partial charge on any atom is -0.463 e. The predicted molar refractivity (Wildman–Crippen MR) is 119 cm³/mol. The van der Waals surface area contributed by atoms with E-state index in [-0.39, 0.29) is 36.3 Å². The topological polar surface area (TPSA) is 74.3 Å². The lowest BCUT2D eigenvalue weighted by molar-refractivity contribution is -0.274. The van der Waals surface area contributed by atoms with E-state index in [0.717, 1.165) is 70.6 Å². The van der Waals surface area contributed by atoms with Crippen LogP contribution in [0.2, 0.25) is 0 Å². The molecule has 1 saturated heterocycles. The number of esters is 2. The molecule has 1 saturated carbocycles. The van der Waals surface area contributed by atoms with E-state index >= 15 is 0 Å². The van der Waals surface area contributed by atoms with E-state index in [4.69, 9.17) is 18.9 Å². The van der Waals surface area contributed by atoms with Gasteiger partial charge in [0.25, 0.3) is 0 Å². The third-order valence-corrected chi connectivity index (χ3v) is 6.32. The molecular formula is C24H43NO6. The summed E-state index contributed by atoms with van der Waals surface area (Å²) in [7, 11) is 4.02. The quantitative estimate of drug-likeness (QED) is 0.592. The number of hydrogen-bond donors (Lipinski definition) is 0. The normalized spacial score (nSPS) is 33.7. The summed E-state index contributed by atoms with van der Waals surface area (Å²) in [4.78, 5) is 25.2. The monoisotopic (exact) mass is 441 g/mol. The minimum atomic E-state index is -0.536. The number of hydrogen-bond acceptors (Lipinski definition) is 7. The molecule has 31 heavy (non-hydrogen) atoms. The summed E-state index contributed by atoms with van der Waals surface area (Å²) in [5.41, 5.74) is 0. The molecule has 4 unspecified atom stereocenters. The van der Waals surface area contributed by atoms with Crippen molar-refractivity contribution < 1.29 is 28.5 Å². The SMILES string of the molecule is CC(=O)OC1CCCCCC(OC2OC(C)CC(N(C)C)C2OC(C)=O)CCCCC1. The van der Waals surface area contributed by atoms with Crippen molar-refractivity contribution in [3.05, 3.63) is 0 Å². The summed E-state index contributed by atoms with van der Waals surface area (Å²) >= 11 is 0. The Balaban J connectivity index is 1.97. The number of rotatable bonds is 5. The van der Waals surface area contributed by atoms with Crippen molar-refractivity contribution in [2.75, 3.05) is 14.1 Å². The largest absolute Gasteiger partial charge is 0.463 e.